The van der Waals surface area contributed by atoms with E-state index in [0.29, 0.717) is 18.5 Å². The van der Waals surface area contributed by atoms with Gasteiger partial charge < -0.3 is 15.0 Å². The molecule has 3 aliphatic heterocycles. The van der Waals surface area contributed by atoms with Crippen LogP contribution in [0.2, 0.25) is 0 Å². The topological polar surface area (TPSA) is 119 Å². The fourth-order valence-corrected chi connectivity index (χ4v) is 5.44. The van der Waals surface area contributed by atoms with Crippen LogP contribution in [-0.4, -0.2) is 67.8 Å². The molecule has 180 valence electrons. The lowest BCUT2D eigenvalue weighted by molar-refractivity contribution is -0.136. The molecule has 0 aliphatic carbocycles. The number of carbonyl (C=O) groups is 3. The Morgan fingerprint density at radius 2 is 1.89 bits per heavy atom. The number of aromatic nitrogens is 2. The fourth-order valence-electron chi connectivity index (χ4n) is 5.44. The Balaban J connectivity index is 1.29. The first-order chi connectivity index (χ1) is 17.0. The number of nitrogens with one attached hydrogen (secondary N) is 2. The van der Waals surface area contributed by atoms with Crippen LogP contribution in [-0.2, 0) is 22.7 Å². The summed E-state index contributed by atoms with van der Waals surface area (Å²) in [5.41, 5.74) is 5.17. The second kappa shape index (κ2) is 8.58. The number of fused-ring (bicyclic) bond motifs is 2. The number of aliphatic hydroxyl groups is 1. The monoisotopic (exact) mass is 473 g/mol. The van der Waals surface area contributed by atoms with Gasteiger partial charge in [-0.05, 0) is 54.7 Å². The van der Waals surface area contributed by atoms with Gasteiger partial charge in [-0.2, -0.15) is 0 Å². The highest BCUT2D eigenvalue weighted by atomic mass is 16.3. The number of nitrogens with zero attached hydrogens (tertiary/aromatic N) is 3. The highest BCUT2D eigenvalue weighted by Crippen LogP contribution is 2.32. The van der Waals surface area contributed by atoms with Gasteiger partial charge in [0, 0.05) is 55.3 Å². The number of aromatic amines is 1. The first-order valence-corrected chi connectivity index (χ1v) is 12.1. The highest BCUT2D eigenvalue weighted by molar-refractivity contribution is 6.05. The second-order valence-corrected chi connectivity index (χ2v) is 9.69. The van der Waals surface area contributed by atoms with Crippen molar-refractivity contribution in [2.75, 3.05) is 13.1 Å². The first-order valence-electron chi connectivity index (χ1n) is 12.1. The van der Waals surface area contributed by atoms with Crippen molar-refractivity contribution in [3.8, 4) is 11.3 Å². The number of likely N-dealkylation sites (tertiary alicyclic amines) is 1. The predicted molar refractivity (Wildman–Crippen MR) is 128 cm³/mol. The molecule has 3 aromatic rings. The Bertz CT molecular complexity index is 1340. The molecule has 1 aromatic carbocycles. The van der Waals surface area contributed by atoms with Crippen LogP contribution in [0.4, 0.5) is 0 Å². The minimum atomic E-state index is -0.626. The van der Waals surface area contributed by atoms with Gasteiger partial charge in [0.15, 0.2) is 0 Å². The number of carbonyl (C=O) groups excluding carboxylic acids is 3. The molecule has 0 bridgehead atoms. The molecule has 0 radical (unpaired) electrons. The molecule has 6 rings (SSSR count). The zero-order valence-corrected chi connectivity index (χ0v) is 19.3. The Labute approximate surface area is 202 Å². The zero-order chi connectivity index (χ0) is 24.1. The molecule has 35 heavy (non-hydrogen) atoms. The summed E-state index contributed by atoms with van der Waals surface area (Å²) in [7, 11) is 0. The van der Waals surface area contributed by atoms with E-state index < -0.39 is 11.9 Å². The van der Waals surface area contributed by atoms with Crippen LogP contribution in [0.5, 0.6) is 0 Å². The number of benzene rings is 1. The smallest absolute Gasteiger partial charge is 0.255 e. The summed E-state index contributed by atoms with van der Waals surface area (Å²) in [6.07, 6.45) is 3.85. The van der Waals surface area contributed by atoms with Crippen molar-refractivity contribution in [3.05, 3.63) is 53.2 Å². The van der Waals surface area contributed by atoms with E-state index in [9.17, 15) is 19.5 Å². The average Bonchev–Trinajstić information content (AvgIpc) is 3.45. The molecule has 0 saturated carbocycles. The molecule has 0 spiro atoms. The van der Waals surface area contributed by atoms with Gasteiger partial charge >= 0.3 is 0 Å². The molecule has 3 aliphatic rings. The third-order valence-electron chi connectivity index (χ3n) is 7.38. The number of hydrogen-bond donors (Lipinski definition) is 3. The number of hydrogen-bond acceptors (Lipinski definition) is 6. The van der Waals surface area contributed by atoms with Gasteiger partial charge in [-0.1, -0.05) is 6.07 Å². The largest absolute Gasteiger partial charge is 0.393 e. The highest BCUT2D eigenvalue weighted by Gasteiger charge is 2.39. The van der Waals surface area contributed by atoms with E-state index in [4.69, 9.17) is 4.98 Å². The molecule has 9 heteroatoms. The SMILES string of the molecule is O=C1CCC(N2Cc3cc(-c4cc(CN5CCC(O)CC5)c5cc[nH]c5n4)ccc3C2=O)C(=O)N1. The normalized spacial score (nSPS) is 21.6. The fraction of sp³-hybridized carbons (Fsp3) is 0.385. The van der Waals surface area contributed by atoms with E-state index in [1.807, 2.05) is 30.5 Å². The third-order valence-corrected chi connectivity index (χ3v) is 7.38. The maximum Gasteiger partial charge on any atom is 0.255 e. The van der Waals surface area contributed by atoms with Crippen molar-refractivity contribution >= 4 is 28.8 Å². The standard InChI is InChI=1S/C26H27N5O4/c32-18-6-9-30(10-7-18)13-17-12-21(28-24-19(17)5-8-27-24)15-1-2-20-16(11-15)14-31(26(20)35)22-3-4-23(33)29-25(22)34/h1-2,5,8,11-12,18,22,32H,3-4,6-7,9-10,13-14H2,(H,27,28)(H,29,33,34). The average molecular weight is 474 g/mol. The lowest BCUT2D eigenvalue weighted by Gasteiger charge is -2.29. The van der Waals surface area contributed by atoms with Crippen LogP contribution in [0.1, 0.15) is 47.2 Å². The summed E-state index contributed by atoms with van der Waals surface area (Å²) >= 11 is 0. The van der Waals surface area contributed by atoms with E-state index in [1.165, 1.54) is 5.56 Å². The summed E-state index contributed by atoms with van der Waals surface area (Å²) in [5, 5.41) is 13.3. The number of rotatable bonds is 4. The maximum absolute atomic E-state index is 13.0. The molecule has 1 unspecified atom stereocenters. The summed E-state index contributed by atoms with van der Waals surface area (Å²) in [5.74, 6) is -0.877. The number of aliphatic hydroxyl groups excluding tert-OH is 1. The molecule has 1 atom stereocenters. The van der Waals surface area contributed by atoms with Gasteiger partial charge in [-0.25, -0.2) is 4.98 Å². The summed E-state index contributed by atoms with van der Waals surface area (Å²) in [4.78, 5) is 48.9. The number of amides is 3. The third kappa shape index (κ3) is 4.00. The summed E-state index contributed by atoms with van der Waals surface area (Å²) < 4.78 is 0. The Hall–Kier alpha value is -3.56. The van der Waals surface area contributed by atoms with Crippen LogP contribution in [0.25, 0.3) is 22.3 Å². The lowest BCUT2D eigenvalue weighted by Crippen LogP contribution is -2.52. The van der Waals surface area contributed by atoms with E-state index in [1.54, 1.807) is 4.90 Å². The van der Waals surface area contributed by atoms with Gasteiger partial charge in [0.25, 0.3) is 5.91 Å². The van der Waals surface area contributed by atoms with Gasteiger partial charge in [-0.15, -0.1) is 0 Å². The minimum Gasteiger partial charge on any atom is -0.393 e. The van der Waals surface area contributed by atoms with Gasteiger partial charge in [-0.3, -0.25) is 24.6 Å². The Kier molecular flexibility index (Phi) is 5.38. The molecular weight excluding hydrogens is 446 g/mol. The van der Waals surface area contributed by atoms with Crippen molar-refractivity contribution in [1.29, 1.82) is 0 Å². The number of imide groups is 1. The van der Waals surface area contributed by atoms with Crippen molar-refractivity contribution in [2.45, 2.75) is 50.9 Å². The van der Waals surface area contributed by atoms with E-state index in [-0.39, 0.29) is 24.3 Å². The van der Waals surface area contributed by atoms with Crippen LogP contribution < -0.4 is 5.32 Å². The van der Waals surface area contributed by atoms with E-state index in [0.717, 1.165) is 60.3 Å². The number of pyridine rings is 1. The molecule has 5 heterocycles. The molecule has 3 amide bonds. The number of H-pyrrole nitrogens is 1. The quantitative estimate of drug-likeness (QED) is 0.499. The van der Waals surface area contributed by atoms with Gasteiger partial charge in [0.2, 0.25) is 11.8 Å². The predicted octanol–water partition coefficient (Wildman–Crippen LogP) is 1.95. The van der Waals surface area contributed by atoms with Gasteiger partial charge in [0.1, 0.15) is 11.7 Å². The number of piperidine rings is 2. The van der Waals surface area contributed by atoms with Gasteiger partial charge in [0.05, 0.1) is 11.8 Å². The second-order valence-electron chi connectivity index (χ2n) is 9.69. The minimum absolute atomic E-state index is 0.179. The molecule has 2 aromatic heterocycles. The maximum atomic E-state index is 13.0. The van der Waals surface area contributed by atoms with Crippen LogP contribution in [0.15, 0.2) is 36.5 Å². The van der Waals surface area contributed by atoms with E-state index in [2.05, 4.69) is 21.3 Å². The van der Waals surface area contributed by atoms with Crippen LogP contribution >= 0.6 is 0 Å². The van der Waals surface area contributed by atoms with Crippen LogP contribution in [0, 0.1) is 0 Å². The molecule has 2 fully saturated rings. The Morgan fingerprint density at radius 3 is 2.69 bits per heavy atom. The molecule has 3 N–H and O–H groups in total. The van der Waals surface area contributed by atoms with Crippen LogP contribution in [0.3, 0.4) is 0 Å². The van der Waals surface area contributed by atoms with E-state index >= 15 is 0 Å². The molecule has 2 saturated heterocycles. The van der Waals surface area contributed by atoms with Crippen molar-refractivity contribution < 1.29 is 19.5 Å². The molecular formula is C26H27N5O4. The first kappa shape index (κ1) is 21.9. The lowest BCUT2D eigenvalue weighted by atomic mass is 10.0. The summed E-state index contributed by atoms with van der Waals surface area (Å²) in [6.45, 7) is 2.84. The van der Waals surface area contributed by atoms with Crippen molar-refractivity contribution in [3.63, 3.8) is 0 Å². The Morgan fingerprint density at radius 1 is 1.06 bits per heavy atom. The molecule has 9 nitrogen and oxygen atoms in total. The van der Waals surface area contributed by atoms with Crippen molar-refractivity contribution in [2.24, 2.45) is 0 Å². The van der Waals surface area contributed by atoms with Crippen molar-refractivity contribution in [1.82, 2.24) is 25.1 Å². The zero-order valence-electron chi connectivity index (χ0n) is 19.3. The summed E-state index contributed by atoms with van der Waals surface area (Å²) in [6, 6.07) is 9.22.